The lowest BCUT2D eigenvalue weighted by molar-refractivity contribution is 0.897. The van der Waals surface area contributed by atoms with E-state index < -0.39 is 0 Å². The minimum Gasteiger partial charge on any atom is -0.324 e. The van der Waals surface area contributed by atoms with Crippen LogP contribution in [0.1, 0.15) is 24.5 Å². The van der Waals surface area contributed by atoms with Gasteiger partial charge >= 0.3 is 0 Å². The van der Waals surface area contributed by atoms with Gasteiger partial charge in [-0.3, -0.25) is 0 Å². The Morgan fingerprint density at radius 3 is 2.93 bits per heavy atom. The second kappa shape index (κ2) is 3.76. The standard InChI is InChI=1S/C12H14ClN/c1-8(14)9-4-2-6-11-10(9)5-3-7-12(11)13/h3-5,7-8H,2,6,14H2,1H3. The van der Waals surface area contributed by atoms with Gasteiger partial charge < -0.3 is 5.73 Å². The molecule has 0 aromatic heterocycles. The molecule has 0 saturated heterocycles. The van der Waals surface area contributed by atoms with Crippen molar-refractivity contribution in [2.75, 3.05) is 0 Å². The number of halogens is 1. The molecule has 1 nitrogen and oxygen atoms in total. The van der Waals surface area contributed by atoms with E-state index in [2.05, 4.69) is 12.1 Å². The van der Waals surface area contributed by atoms with Gasteiger partial charge in [-0.2, -0.15) is 0 Å². The number of hydrogen-bond donors (Lipinski definition) is 1. The number of benzene rings is 1. The van der Waals surface area contributed by atoms with E-state index in [-0.39, 0.29) is 6.04 Å². The van der Waals surface area contributed by atoms with Gasteiger partial charge in [0.1, 0.15) is 0 Å². The zero-order chi connectivity index (χ0) is 10.1. The van der Waals surface area contributed by atoms with Crippen molar-refractivity contribution in [2.24, 2.45) is 5.73 Å². The van der Waals surface area contributed by atoms with E-state index in [1.807, 2.05) is 19.1 Å². The molecule has 0 radical (unpaired) electrons. The first kappa shape index (κ1) is 9.75. The van der Waals surface area contributed by atoms with Gasteiger partial charge in [0.25, 0.3) is 0 Å². The summed E-state index contributed by atoms with van der Waals surface area (Å²) < 4.78 is 0. The summed E-state index contributed by atoms with van der Waals surface area (Å²) in [4.78, 5) is 0. The zero-order valence-electron chi connectivity index (χ0n) is 8.26. The van der Waals surface area contributed by atoms with Crippen LogP contribution < -0.4 is 5.73 Å². The molecule has 2 rings (SSSR count). The van der Waals surface area contributed by atoms with Crippen molar-refractivity contribution >= 4 is 17.2 Å². The summed E-state index contributed by atoms with van der Waals surface area (Å²) >= 11 is 6.14. The van der Waals surface area contributed by atoms with Gasteiger partial charge in [-0.05, 0) is 42.5 Å². The zero-order valence-corrected chi connectivity index (χ0v) is 9.01. The molecule has 0 heterocycles. The van der Waals surface area contributed by atoms with Gasteiger partial charge in [0, 0.05) is 11.1 Å². The summed E-state index contributed by atoms with van der Waals surface area (Å²) in [7, 11) is 0. The minimum absolute atomic E-state index is 0.0903. The fraction of sp³-hybridized carbons (Fsp3) is 0.333. The van der Waals surface area contributed by atoms with Crippen LogP contribution >= 0.6 is 11.6 Å². The lowest BCUT2D eigenvalue weighted by Crippen LogP contribution is -2.19. The molecular weight excluding hydrogens is 194 g/mol. The van der Waals surface area contributed by atoms with Gasteiger partial charge in [0.15, 0.2) is 0 Å². The van der Waals surface area contributed by atoms with E-state index in [0.29, 0.717) is 0 Å². The van der Waals surface area contributed by atoms with E-state index in [0.717, 1.165) is 17.9 Å². The Kier molecular flexibility index (Phi) is 2.62. The van der Waals surface area contributed by atoms with E-state index in [4.69, 9.17) is 17.3 Å². The summed E-state index contributed by atoms with van der Waals surface area (Å²) in [5, 5.41) is 0.869. The average Bonchev–Trinajstić information content (AvgIpc) is 2.17. The lowest BCUT2D eigenvalue weighted by Gasteiger charge is -2.21. The molecule has 1 aromatic rings. The van der Waals surface area contributed by atoms with Crippen LogP contribution in [0.4, 0.5) is 0 Å². The van der Waals surface area contributed by atoms with E-state index in [9.17, 15) is 0 Å². The highest BCUT2D eigenvalue weighted by Gasteiger charge is 2.16. The van der Waals surface area contributed by atoms with Gasteiger partial charge in [0.2, 0.25) is 0 Å². The molecule has 0 spiro atoms. The Balaban J connectivity index is 2.54. The van der Waals surface area contributed by atoms with Crippen LogP contribution in [-0.4, -0.2) is 6.04 Å². The first-order valence-electron chi connectivity index (χ1n) is 4.93. The average molecular weight is 208 g/mol. The molecule has 0 bridgehead atoms. The number of hydrogen-bond acceptors (Lipinski definition) is 1. The third-order valence-electron chi connectivity index (χ3n) is 2.68. The largest absolute Gasteiger partial charge is 0.324 e. The Bertz CT molecular complexity index is 380. The second-order valence-corrected chi connectivity index (χ2v) is 4.16. The molecular formula is C12H14ClN. The number of allylic oxidation sites excluding steroid dienone is 1. The van der Waals surface area contributed by atoms with E-state index in [1.54, 1.807) is 0 Å². The summed E-state index contributed by atoms with van der Waals surface area (Å²) in [6, 6.07) is 6.13. The number of rotatable bonds is 1. The maximum atomic E-state index is 6.14. The summed E-state index contributed by atoms with van der Waals surface area (Å²) in [6.07, 6.45) is 4.31. The van der Waals surface area contributed by atoms with Crippen LogP contribution in [0.2, 0.25) is 5.02 Å². The van der Waals surface area contributed by atoms with Gasteiger partial charge in [-0.1, -0.05) is 29.8 Å². The van der Waals surface area contributed by atoms with Crippen molar-refractivity contribution < 1.29 is 0 Å². The Labute approximate surface area is 89.6 Å². The maximum absolute atomic E-state index is 6.14. The number of nitrogens with two attached hydrogens (primary N) is 1. The Morgan fingerprint density at radius 2 is 2.21 bits per heavy atom. The topological polar surface area (TPSA) is 26.0 Å². The molecule has 1 aliphatic rings. The Morgan fingerprint density at radius 1 is 1.43 bits per heavy atom. The van der Waals surface area contributed by atoms with E-state index in [1.165, 1.54) is 16.7 Å². The summed E-state index contributed by atoms with van der Waals surface area (Å²) in [5.41, 5.74) is 9.64. The van der Waals surface area contributed by atoms with Gasteiger partial charge in [-0.25, -0.2) is 0 Å². The third kappa shape index (κ3) is 1.58. The van der Waals surface area contributed by atoms with Crippen molar-refractivity contribution in [1.29, 1.82) is 0 Å². The SMILES string of the molecule is CC(N)C1=CCCc2c(Cl)cccc21. The van der Waals surface area contributed by atoms with Gasteiger partial charge in [0.05, 0.1) is 0 Å². The van der Waals surface area contributed by atoms with Crippen LogP contribution in [0.3, 0.4) is 0 Å². The van der Waals surface area contributed by atoms with Crippen LogP contribution in [0, 0.1) is 0 Å². The molecule has 1 aliphatic carbocycles. The van der Waals surface area contributed by atoms with Crippen molar-refractivity contribution in [1.82, 2.24) is 0 Å². The molecule has 2 N–H and O–H groups in total. The highest BCUT2D eigenvalue weighted by molar-refractivity contribution is 6.31. The molecule has 0 fully saturated rings. The second-order valence-electron chi connectivity index (χ2n) is 3.75. The number of fused-ring (bicyclic) bond motifs is 1. The van der Waals surface area contributed by atoms with Crippen LogP contribution in [0.15, 0.2) is 24.3 Å². The fourth-order valence-corrected chi connectivity index (χ4v) is 2.27. The molecule has 14 heavy (non-hydrogen) atoms. The smallest absolute Gasteiger partial charge is 0.0444 e. The molecule has 0 saturated carbocycles. The Hall–Kier alpha value is -0.790. The lowest BCUT2D eigenvalue weighted by atomic mass is 9.88. The molecule has 0 amide bonds. The molecule has 1 atom stereocenters. The summed E-state index contributed by atoms with van der Waals surface area (Å²) in [6.45, 7) is 2.02. The third-order valence-corrected chi connectivity index (χ3v) is 3.03. The molecule has 1 aromatic carbocycles. The minimum atomic E-state index is 0.0903. The predicted octanol–water partition coefficient (Wildman–Crippen LogP) is 3.02. The van der Waals surface area contributed by atoms with Crippen molar-refractivity contribution in [3.05, 3.63) is 40.4 Å². The molecule has 74 valence electrons. The van der Waals surface area contributed by atoms with E-state index >= 15 is 0 Å². The molecule has 0 aliphatic heterocycles. The van der Waals surface area contributed by atoms with Crippen LogP contribution in [0.25, 0.3) is 5.57 Å². The first-order chi connectivity index (χ1) is 6.70. The van der Waals surface area contributed by atoms with Crippen LogP contribution in [0.5, 0.6) is 0 Å². The molecule has 1 unspecified atom stereocenters. The van der Waals surface area contributed by atoms with Crippen molar-refractivity contribution in [2.45, 2.75) is 25.8 Å². The van der Waals surface area contributed by atoms with Gasteiger partial charge in [-0.15, -0.1) is 0 Å². The summed E-state index contributed by atoms with van der Waals surface area (Å²) in [5.74, 6) is 0. The molecule has 2 heteroatoms. The highest BCUT2D eigenvalue weighted by atomic mass is 35.5. The maximum Gasteiger partial charge on any atom is 0.0444 e. The van der Waals surface area contributed by atoms with Crippen molar-refractivity contribution in [3.63, 3.8) is 0 Å². The normalized spacial score (nSPS) is 17.2. The van der Waals surface area contributed by atoms with Crippen molar-refractivity contribution in [3.8, 4) is 0 Å². The van der Waals surface area contributed by atoms with Crippen LogP contribution in [-0.2, 0) is 6.42 Å². The quantitative estimate of drug-likeness (QED) is 0.753. The fourth-order valence-electron chi connectivity index (χ4n) is 2.00. The monoisotopic (exact) mass is 207 g/mol. The predicted molar refractivity (Wildman–Crippen MR) is 61.4 cm³/mol. The highest BCUT2D eigenvalue weighted by Crippen LogP contribution is 2.32. The first-order valence-corrected chi connectivity index (χ1v) is 5.31.